The molecular formula is C14H14F3N3S. The fraction of sp³-hybridized carbons (Fsp3) is 0.286. The number of halogens is 3. The SMILES string of the molecule is C=CCn1c(C)nnc1SCc1ccc(C(F)(F)F)cc1. The number of hydrogen-bond acceptors (Lipinski definition) is 3. The highest BCUT2D eigenvalue weighted by atomic mass is 32.2. The summed E-state index contributed by atoms with van der Waals surface area (Å²) < 4.78 is 39.3. The van der Waals surface area contributed by atoms with Crippen molar-refractivity contribution in [3.05, 3.63) is 53.9 Å². The van der Waals surface area contributed by atoms with E-state index in [9.17, 15) is 13.2 Å². The van der Waals surface area contributed by atoms with Crippen LogP contribution < -0.4 is 0 Å². The maximum absolute atomic E-state index is 12.5. The second-order valence-corrected chi connectivity index (χ2v) is 5.35. The van der Waals surface area contributed by atoms with Gasteiger partial charge in [0.15, 0.2) is 5.16 Å². The summed E-state index contributed by atoms with van der Waals surface area (Å²) in [6, 6.07) is 5.15. The van der Waals surface area contributed by atoms with E-state index in [0.717, 1.165) is 28.7 Å². The van der Waals surface area contributed by atoms with Gasteiger partial charge in [-0.15, -0.1) is 16.8 Å². The number of nitrogens with zero attached hydrogens (tertiary/aromatic N) is 3. The molecule has 0 radical (unpaired) electrons. The number of hydrogen-bond donors (Lipinski definition) is 0. The van der Waals surface area contributed by atoms with Crippen molar-refractivity contribution >= 4 is 11.8 Å². The molecule has 112 valence electrons. The van der Waals surface area contributed by atoms with E-state index in [1.54, 1.807) is 6.08 Å². The lowest BCUT2D eigenvalue weighted by Gasteiger charge is -2.08. The fourth-order valence-corrected chi connectivity index (χ4v) is 2.69. The molecule has 0 fully saturated rings. The van der Waals surface area contributed by atoms with Crippen LogP contribution in [-0.4, -0.2) is 14.8 Å². The minimum atomic E-state index is -4.30. The van der Waals surface area contributed by atoms with Crippen LogP contribution in [-0.2, 0) is 18.5 Å². The molecule has 0 amide bonds. The van der Waals surface area contributed by atoms with Gasteiger partial charge in [0.2, 0.25) is 0 Å². The predicted octanol–water partition coefficient (Wildman–Crippen LogP) is 4.08. The molecule has 7 heteroatoms. The molecule has 3 nitrogen and oxygen atoms in total. The molecule has 1 aromatic carbocycles. The van der Waals surface area contributed by atoms with E-state index in [0.29, 0.717) is 12.3 Å². The minimum Gasteiger partial charge on any atom is -0.302 e. The number of aromatic nitrogens is 3. The third-order valence-electron chi connectivity index (χ3n) is 2.86. The van der Waals surface area contributed by atoms with Gasteiger partial charge in [-0.05, 0) is 24.6 Å². The summed E-state index contributed by atoms with van der Waals surface area (Å²) in [6.45, 7) is 6.13. The zero-order valence-electron chi connectivity index (χ0n) is 11.4. The standard InChI is InChI=1S/C14H14F3N3S/c1-3-8-20-10(2)18-19-13(20)21-9-11-4-6-12(7-5-11)14(15,16)17/h3-7H,1,8-9H2,2H3. The maximum Gasteiger partial charge on any atom is 0.416 e. The number of alkyl halides is 3. The number of thioether (sulfide) groups is 1. The fourth-order valence-electron chi connectivity index (χ4n) is 1.75. The van der Waals surface area contributed by atoms with Crippen molar-refractivity contribution in [2.75, 3.05) is 0 Å². The maximum atomic E-state index is 12.5. The van der Waals surface area contributed by atoms with Crippen LogP contribution in [0.3, 0.4) is 0 Å². The Bertz CT molecular complexity index is 617. The average Bonchev–Trinajstić information content (AvgIpc) is 2.78. The monoisotopic (exact) mass is 313 g/mol. The summed E-state index contributed by atoms with van der Waals surface area (Å²) in [6.07, 6.45) is -2.55. The van der Waals surface area contributed by atoms with Gasteiger partial charge in [0.25, 0.3) is 0 Å². The second-order valence-electron chi connectivity index (χ2n) is 4.41. The van der Waals surface area contributed by atoms with E-state index in [2.05, 4.69) is 16.8 Å². The molecular weight excluding hydrogens is 299 g/mol. The zero-order chi connectivity index (χ0) is 15.5. The Balaban J connectivity index is 2.05. The lowest BCUT2D eigenvalue weighted by atomic mass is 10.1. The van der Waals surface area contributed by atoms with Crippen LogP contribution in [0.25, 0.3) is 0 Å². The Kier molecular flexibility index (Phi) is 4.72. The molecule has 1 heterocycles. The Hall–Kier alpha value is -1.76. The van der Waals surface area contributed by atoms with Crippen molar-refractivity contribution in [1.29, 1.82) is 0 Å². The van der Waals surface area contributed by atoms with E-state index in [4.69, 9.17) is 0 Å². The molecule has 0 saturated carbocycles. The summed E-state index contributed by atoms with van der Waals surface area (Å²) in [5.41, 5.74) is 0.167. The van der Waals surface area contributed by atoms with Crippen molar-refractivity contribution in [1.82, 2.24) is 14.8 Å². The molecule has 0 aliphatic rings. The molecule has 0 unspecified atom stereocenters. The summed E-state index contributed by atoms with van der Waals surface area (Å²) in [5, 5.41) is 8.77. The van der Waals surface area contributed by atoms with Crippen molar-refractivity contribution in [3.63, 3.8) is 0 Å². The first kappa shape index (κ1) is 15.6. The van der Waals surface area contributed by atoms with Gasteiger partial charge in [0.05, 0.1) is 5.56 Å². The normalized spacial score (nSPS) is 11.6. The molecule has 21 heavy (non-hydrogen) atoms. The highest BCUT2D eigenvalue weighted by molar-refractivity contribution is 7.98. The highest BCUT2D eigenvalue weighted by Gasteiger charge is 2.29. The van der Waals surface area contributed by atoms with Gasteiger partial charge in [-0.1, -0.05) is 30.0 Å². The molecule has 0 aliphatic heterocycles. The molecule has 0 N–H and O–H groups in total. The van der Waals surface area contributed by atoms with E-state index >= 15 is 0 Å². The Morgan fingerprint density at radius 2 is 1.90 bits per heavy atom. The second kappa shape index (κ2) is 6.34. The van der Waals surface area contributed by atoms with Crippen molar-refractivity contribution in [2.45, 2.75) is 30.6 Å². The van der Waals surface area contributed by atoms with Crippen LogP contribution in [0.2, 0.25) is 0 Å². The van der Waals surface area contributed by atoms with Crippen LogP contribution in [0.15, 0.2) is 42.1 Å². The predicted molar refractivity (Wildman–Crippen MR) is 76.0 cm³/mol. The molecule has 0 saturated heterocycles. The molecule has 0 atom stereocenters. The molecule has 0 spiro atoms. The highest BCUT2D eigenvalue weighted by Crippen LogP contribution is 2.30. The van der Waals surface area contributed by atoms with Crippen molar-refractivity contribution in [3.8, 4) is 0 Å². The first-order valence-electron chi connectivity index (χ1n) is 6.21. The van der Waals surface area contributed by atoms with E-state index < -0.39 is 11.7 Å². The Labute approximate surface area is 124 Å². The molecule has 0 bridgehead atoms. The van der Waals surface area contributed by atoms with E-state index in [1.165, 1.54) is 23.9 Å². The van der Waals surface area contributed by atoms with Crippen LogP contribution in [0.1, 0.15) is 17.0 Å². The van der Waals surface area contributed by atoms with Crippen LogP contribution >= 0.6 is 11.8 Å². The zero-order valence-corrected chi connectivity index (χ0v) is 12.2. The number of benzene rings is 1. The van der Waals surface area contributed by atoms with Gasteiger partial charge in [-0.2, -0.15) is 13.2 Å². The molecule has 2 rings (SSSR count). The lowest BCUT2D eigenvalue weighted by molar-refractivity contribution is -0.137. The van der Waals surface area contributed by atoms with Crippen LogP contribution in [0.4, 0.5) is 13.2 Å². The third kappa shape index (κ3) is 3.87. The lowest BCUT2D eigenvalue weighted by Crippen LogP contribution is -2.04. The summed E-state index contributed by atoms with van der Waals surface area (Å²) in [4.78, 5) is 0. The van der Waals surface area contributed by atoms with Crippen molar-refractivity contribution < 1.29 is 13.2 Å². The summed E-state index contributed by atoms with van der Waals surface area (Å²) in [7, 11) is 0. The van der Waals surface area contributed by atoms with E-state index in [-0.39, 0.29) is 0 Å². The van der Waals surface area contributed by atoms with Gasteiger partial charge in [-0.3, -0.25) is 0 Å². The smallest absolute Gasteiger partial charge is 0.302 e. The largest absolute Gasteiger partial charge is 0.416 e. The van der Waals surface area contributed by atoms with Crippen molar-refractivity contribution in [2.24, 2.45) is 0 Å². The number of aryl methyl sites for hydroxylation is 1. The molecule has 0 aliphatic carbocycles. The molecule has 2 aromatic rings. The van der Waals surface area contributed by atoms with E-state index in [1.807, 2.05) is 11.5 Å². The number of rotatable bonds is 5. The number of allylic oxidation sites excluding steroid dienone is 1. The summed E-state index contributed by atoms with van der Waals surface area (Å²) >= 11 is 1.43. The minimum absolute atomic E-state index is 0.535. The van der Waals surface area contributed by atoms with Gasteiger partial charge in [-0.25, -0.2) is 0 Å². The van der Waals surface area contributed by atoms with Crippen LogP contribution in [0.5, 0.6) is 0 Å². The quantitative estimate of drug-likeness (QED) is 0.615. The first-order valence-corrected chi connectivity index (χ1v) is 7.20. The van der Waals surface area contributed by atoms with Gasteiger partial charge in [0.1, 0.15) is 5.82 Å². The molecule has 1 aromatic heterocycles. The topological polar surface area (TPSA) is 30.7 Å². The third-order valence-corrected chi connectivity index (χ3v) is 3.90. The Morgan fingerprint density at radius 3 is 2.48 bits per heavy atom. The first-order chi connectivity index (χ1) is 9.91. The van der Waals surface area contributed by atoms with Gasteiger partial charge in [0, 0.05) is 12.3 Å². The van der Waals surface area contributed by atoms with Gasteiger partial charge >= 0.3 is 6.18 Å². The van der Waals surface area contributed by atoms with Crippen LogP contribution in [0, 0.1) is 6.92 Å². The average molecular weight is 313 g/mol. The summed E-state index contributed by atoms with van der Waals surface area (Å²) in [5.74, 6) is 1.32. The van der Waals surface area contributed by atoms with Gasteiger partial charge < -0.3 is 4.57 Å². The Morgan fingerprint density at radius 1 is 1.24 bits per heavy atom.